The molecule has 0 spiro atoms. The highest BCUT2D eigenvalue weighted by Crippen LogP contribution is 2.26. The van der Waals surface area contributed by atoms with Gasteiger partial charge in [0.2, 0.25) is 0 Å². The molecule has 21 heavy (non-hydrogen) atoms. The number of carbonyl (C=O) groups excluding carboxylic acids is 1. The van der Waals surface area contributed by atoms with Crippen LogP contribution in [0.25, 0.3) is 0 Å². The average Bonchev–Trinajstić information content (AvgIpc) is 2.43. The van der Waals surface area contributed by atoms with Gasteiger partial charge in [0.15, 0.2) is 0 Å². The van der Waals surface area contributed by atoms with Crippen LogP contribution >= 0.6 is 11.6 Å². The summed E-state index contributed by atoms with van der Waals surface area (Å²) in [5, 5.41) is 13.1. The van der Waals surface area contributed by atoms with Crippen molar-refractivity contribution in [1.29, 1.82) is 0 Å². The molecule has 2 rings (SSSR count). The van der Waals surface area contributed by atoms with Crippen LogP contribution in [0.15, 0.2) is 30.5 Å². The summed E-state index contributed by atoms with van der Waals surface area (Å²) in [6.07, 6.45) is 0.868. The molecular weight excluding hydrogens is 301 g/mol. The van der Waals surface area contributed by atoms with Gasteiger partial charge >= 0.3 is 0 Å². The van der Waals surface area contributed by atoms with Crippen LogP contribution < -0.4 is 5.32 Å². The molecule has 108 valence electrons. The van der Waals surface area contributed by atoms with E-state index >= 15 is 0 Å². The number of aryl methyl sites for hydroxylation is 1. The summed E-state index contributed by atoms with van der Waals surface area (Å²) >= 11 is 5.71. The minimum Gasteiger partial charge on any atom is -0.316 e. The molecule has 0 bridgehead atoms. The van der Waals surface area contributed by atoms with E-state index in [0.717, 1.165) is 12.3 Å². The number of nitrogens with one attached hydrogen (secondary N) is 1. The van der Waals surface area contributed by atoms with Crippen molar-refractivity contribution in [2.75, 3.05) is 5.32 Å². The third kappa shape index (κ3) is 3.32. The molecule has 0 radical (unpaired) electrons. The quantitative estimate of drug-likeness (QED) is 0.535. The zero-order valence-corrected chi connectivity index (χ0v) is 11.5. The third-order valence-electron chi connectivity index (χ3n) is 2.65. The molecule has 1 aromatic heterocycles. The number of hydrogen-bond donors (Lipinski definition) is 1. The molecule has 0 aliphatic carbocycles. The largest absolute Gasteiger partial charge is 0.316 e. The zero-order valence-electron chi connectivity index (χ0n) is 10.8. The summed E-state index contributed by atoms with van der Waals surface area (Å²) in [4.78, 5) is 25.9. The molecule has 1 N–H and O–H groups in total. The number of nitro groups is 1. The number of halogens is 2. The molecule has 1 aromatic carbocycles. The molecule has 1 amide bonds. The van der Waals surface area contributed by atoms with Crippen molar-refractivity contribution < 1.29 is 14.1 Å². The lowest BCUT2D eigenvalue weighted by atomic mass is 10.2. The number of nitro benzene ring substituents is 1. The Bertz CT molecular complexity index is 737. The predicted octanol–water partition coefficient (Wildman–Crippen LogP) is 3.34. The van der Waals surface area contributed by atoms with Crippen LogP contribution in [-0.4, -0.2) is 15.8 Å². The lowest BCUT2D eigenvalue weighted by Gasteiger charge is -2.07. The molecule has 0 aliphatic rings. The van der Waals surface area contributed by atoms with Crippen LogP contribution in [0.2, 0.25) is 5.15 Å². The Labute approximate surface area is 123 Å². The van der Waals surface area contributed by atoms with Crippen molar-refractivity contribution in [2.45, 2.75) is 6.92 Å². The molecule has 0 fully saturated rings. The Morgan fingerprint density at radius 3 is 2.81 bits per heavy atom. The van der Waals surface area contributed by atoms with Gasteiger partial charge in [0.05, 0.1) is 16.7 Å². The Hall–Kier alpha value is -2.54. The highest BCUT2D eigenvalue weighted by atomic mass is 35.5. The normalized spacial score (nSPS) is 10.2. The van der Waals surface area contributed by atoms with Crippen molar-refractivity contribution in [3.8, 4) is 0 Å². The van der Waals surface area contributed by atoms with E-state index in [4.69, 9.17) is 11.6 Å². The van der Waals surface area contributed by atoms with Gasteiger partial charge in [-0.3, -0.25) is 14.9 Å². The van der Waals surface area contributed by atoms with Crippen LogP contribution in [0.3, 0.4) is 0 Å². The number of anilines is 1. The Kier molecular flexibility index (Phi) is 4.13. The zero-order chi connectivity index (χ0) is 15.6. The van der Waals surface area contributed by atoms with Crippen molar-refractivity contribution in [1.82, 2.24) is 4.98 Å². The van der Waals surface area contributed by atoms with Gasteiger partial charge in [0.1, 0.15) is 16.7 Å². The summed E-state index contributed by atoms with van der Waals surface area (Å²) in [7, 11) is 0. The fraction of sp³-hybridized carbons (Fsp3) is 0.0769. The maximum Gasteiger partial charge on any atom is 0.293 e. The summed E-state index contributed by atoms with van der Waals surface area (Å²) in [5.74, 6) is -1.51. The minimum atomic E-state index is -0.779. The summed E-state index contributed by atoms with van der Waals surface area (Å²) in [6.45, 7) is 1.69. The van der Waals surface area contributed by atoms with E-state index in [1.165, 1.54) is 12.1 Å². The summed E-state index contributed by atoms with van der Waals surface area (Å²) < 4.78 is 13.1. The van der Waals surface area contributed by atoms with Gasteiger partial charge in [0, 0.05) is 6.07 Å². The van der Waals surface area contributed by atoms with E-state index in [0.29, 0.717) is 5.56 Å². The van der Waals surface area contributed by atoms with Gasteiger partial charge < -0.3 is 5.32 Å². The number of carbonyl (C=O) groups is 1. The average molecular weight is 310 g/mol. The van der Waals surface area contributed by atoms with Gasteiger partial charge in [-0.15, -0.1) is 0 Å². The second kappa shape index (κ2) is 5.84. The molecule has 2 aromatic rings. The predicted molar refractivity (Wildman–Crippen MR) is 75.0 cm³/mol. The van der Waals surface area contributed by atoms with E-state index in [2.05, 4.69) is 10.3 Å². The number of hydrogen-bond acceptors (Lipinski definition) is 4. The molecule has 6 nitrogen and oxygen atoms in total. The molecule has 0 atom stereocenters. The topological polar surface area (TPSA) is 85.1 Å². The van der Waals surface area contributed by atoms with Gasteiger partial charge in [0.25, 0.3) is 11.6 Å². The monoisotopic (exact) mass is 309 g/mol. The first-order valence-electron chi connectivity index (χ1n) is 5.76. The fourth-order valence-corrected chi connectivity index (χ4v) is 1.86. The van der Waals surface area contributed by atoms with Crippen molar-refractivity contribution >= 4 is 28.9 Å². The fourth-order valence-electron chi connectivity index (χ4n) is 1.67. The van der Waals surface area contributed by atoms with Crippen LogP contribution in [0.4, 0.5) is 15.8 Å². The Morgan fingerprint density at radius 1 is 1.43 bits per heavy atom. The van der Waals surface area contributed by atoms with E-state index in [1.807, 2.05) is 0 Å². The molecule has 8 heteroatoms. The number of benzene rings is 1. The summed E-state index contributed by atoms with van der Waals surface area (Å²) in [6, 6.07) is 5.23. The van der Waals surface area contributed by atoms with E-state index in [-0.39, 0.29) is 22.1 Å². The number of rotatable bonds is 3. The smallest absolute Gasteiger partial charge is 0.293 e. The first-order valence-corrected chi connectivity index (χ1v) is 6.13. The standard InChI is InChI=1S/C13H9ClFN3O3/c1-7-2-3-10(11(4-7)18(20)21)17-13(19)9-5-8(15)6-16-12(9)14/h2-6H,1H3,(H,17,19). The first kappa shape index (κ1) is 14.9. The van der Waals surface area contributed by atoms with Crippen LogP contribution in [0.5, 0.6) is 0 Å². The molecule has 0 aliphatic heterocycles. The molecular formula is C13H9ClFN3O3. The van der Waals surface area contributed by atoms with Gasteiger partial charge in [-0.2, -0.15) is 0 Å². The van der Waals surface area contributed by atoms with E-state index in [9.17, 15) is 19.3 Å². The van der Waals surface area contributed by atoms with Crippen molar-refractivity contribution in [3.05, 3.63) is 62.7 Å². The SMILES string of the molecule is Cc1ccc(NC(=O)c2cc(F)cnc2Cl)c([N+](=O)[O-])c1. The Balaban J connectivity index is 2.36. The van der Waals surface area contributed by atoms with Crippen LogP contribution in [0.1, 0.15) is 15.9 Å². The second-order valence-electron chi connectivity index (χ2n) is 4.22. The molecule has 0 saturated heterocycles. The number of amides is 1. The molecule has 1 heterocycles. The lowest BCUT2D eigenvalue weighted by molar-refractivity contribution is -0.384. The minimum absolute atomic E-state index is 0.00377. The number of nitrogens with zero attached hydrogens (tertiary/aromatic N) is 2. The molecule has 0 saturated carbocycles. The van der Waals surface area contributed by atoms with Crippen LogP contribution in [0, 0.1) is 22.9 Å². The highest BCUT2D eigenvalue weighted by Gasteiger charge is 2.19. The maximum atomic E-state index is 13.1. The van der Waals surface area contributed by atoms with E-state index in [1.54, 1.807) is 13.0 Å². The van der Waals surface area contributed by atoms with Gasteiger partial charge in [-0.05, 0) is 24.6 Å². The van der Waals surface area contributed by atoms with E-state index < -0.39 is 16.6 Å². The maximum absolute atomic E-state index is 13.1. The molecule has 0 unspecified atom stereocenters. The van der Waals surface area contributed by atoms with Gasteiger partial charge in [-0.1, -0.05) is 17.7 Å². The van der Waals surface area contributed by atoms with Crippen molar-refractivity contribution in [3.63, 3.8) is 0 Å². The van der Waals surface area contributed by atoms with Gasteiger partial charge in [-0.25, -0.2) is 9.37 Å². The first-order chi connectivity index (χ1) is 9.88. The van der Waals surface area contributed by atoms with Crippen molar-refractivity contribution in [2.24, 2.45) is 0 Å². The van der Waals surface area contributed by atoms with Crippen LogP contribution in [-0.2, 0) is 0 Å². The third-order valence-corrected chi connectivity index (χ3v) is 2.95. The number of pyridine rings is 1. The lowest BCUT2D eigenvalue weighted by Crippen LogP contribution is -2.14. The number of aromatic nitrogens is 1. The highest BCUT2D eigenvalue weighted by molar-refractivity contribution is 6.33. The Morgan fingerprint density at radius 2 is 2.14 bits per heavy atom. The summed E-state index contributed by atoms with van der Waals surface area (Å²) in [5.41, 5.74) is 0.205. The second-order valence-corrected chi connectivity index (χ2v) is 4.58.